The Balaban J connectivity index is 1.97. The summed E-state index contributed by atoms with van der Waals surface area (Å²) in [5.74, 6) is -0.306. The van der Waals surface area contributed by atoms with Gasteiger partial charge in [0.1, 0.15) is 11.8 Å². The second-order valence-electron chi connectivity index (χ2n) is 6.26. The van der Waals surface area contributed by atoms with E-state index in [-0.39, 0.29) is 42.3 Å². The molecule has 1 saturated heterocycles. The zero-order valence-corrected chi connectivity index (χ0v) is 13.9. The van der Waals surface area contributed by atoms with Crippen LogP contribution in [0.5, 0.6) is 0 Å². The zero-order valence-electron chi connectivity index (χ0n) is 13.9. The Kier molecular flexibility index (Phi) is 4.67. The first-order chi connectivity index (χ1) is 11.9. The van der Waals surface area contributed by atoms with Crippen molar-refractivity contribution in [2.75, 3.05) is 11.9 Å². The lowest BCUT2D eigenvalue weighted by atomic mass is 10.0. The molecular formula is C15H20FN5O4. The Labute approximate surface area is 142 Å². The summed E-state index contributed by atoms with van der Waals surface area (Å²) in [6.45, 7) is 3.08. The Morgan fingerprint density at radius 1 is 1.56 bits per heavy atom. The smallest absolute Gasteiger partial charge is 0.312 e. The van der Waals surface area contributed by atoms with Crippen LogP contribution in [0, 0.1) is 6.08 Å². The van der Waals surface area contributed by atoms with Crippen molar-refractivity contribution in [1.29, 1.82) is 0 Å². The predicted octanol–water partition coefficient (Wildman–Crippen LogP) is 0.735. The van der Waals surface area contributed by atoms with E-state index in [0.717, 1.165) is 0 Å². The van der Waals surface area contributed by atoms with E-state index in [1.807, 2.05) is 6.92 Å². The molecule has 10 heteroatoms. The number of nitrogens with one attached hydrogen (secondary N) is 1. The third-order valence-corrected chi connectivity index (χ3v) is 4.29. The highest BCUT2D eigenvalue weighted by atomic mass is 19.1. The molecule has 9 nitrogen and oxygen atoms in total. The number of rotatable bonds is 5. The second-order valence-corrected chi connectivity index (χ2v) is 6.26. The van der Waals surface area contributed by atoms with Gasteiger partial charge in [0.2, 0.25) is 5.91 Å². The summed E-state index contributed by atoms with van der Waals surface area (Å²) in [7, 11) is 0. The minimum atomic E-state index is -1.12. The number of halogens is 1. The molecule has 3 atom stereocenters. The van der Waals surface area contributed by atoms with Gasteiger partial charge in [0.25, 0.3) is 0 Å². The van der Waals surface area contributed by atoms with E-state index >= 15 is 0 Å². The van der Waals surface area contributed by atoms with Gasteiger partial charge in [-0.15, -0.1) is 0 Å². The van der Waals surface area contributed by atoms with Gasteiger partial charge in [0.15, 0.2) is 17.0 Å². The molecule has 0 saturated carbocycles. The molecule has 1 fully saturated rings. The SMILES string of the molecule is CCCC(=O)Nc1nc(F)nc2c1ncn2[C@H]1C[C@H](O)[C@@](C)(CO)O1. The monoisotopic (exact) mass is 353 g/mol. The maximum Gasteiger partial charge on any atom is 0.312 e. The number of nitrogens with zero attached hydrogens (tertiary/aromatic N) is 4. The standard InChI is InChI=1S/C15H20FN5O4/c1-3-4-9(24)18-12-11-13(20-14(16)19-12)21(7-17-11)10-5-8(23)15(2,6-22)25-10/h7-8,10,22-23H,3-6H2,1-2H3,(H,18,19,20,24)/t8-,10+,15+/m0/s1. The van der Waals surface area contributed by atoms with Crippen molar-refractivity contribution in [3.8, 4) is 0 Å². The van der Waals surface area contributed by atoms with Crippen molar-refractivity contribution in [2.24, 2.45) is 0 Å². The quantitative estimate of drug-likeness (QED) is 0.677. The minimum absolute atomic E-state index is 0.0110. The molecule has 1 aliphatic rings. The van der Waals surface area contributed by atoms with Gasteiger partial charge in [-0.2, -0.15) is 14.4 Å². The number of aliphatic hydroxyl groups excluding tert-OH is 2. The molecule has 0 radical (unpaired) electrons. The lowest BCUT2D eigenvalue weighted by Crippen LogP contribution is -2.39. The number of ether oxygens (including phenoxy) is 1. The number of carbonyl (C=O) groups is 1. The molecule has 2 aromatic rings. The van der Waals surface area contributed by atoms with Crippen LogP contribution in [-0.4, -0.2) is 54.0 Å². The Bertz CT molecular complexity index is 798. The summed E-state index contributed by atoms with van der Waals surface area (Å²) in [6.07, 6.45) is -0.0866. The van der Waals surface area contributed by atoms with Crippen LogP contribution >= 0.6 is 0 Å². The number of fused-ring (bicyclic) bond motifs is 1. The molecule has 0 spiro atoms. The average Bonchev–Trinajstić information content (AvgIpc) is 3.09. The van der Waals surface area contributed by atoms with Crippen LogP contribution in [0.2, 0.25) is 0 Å². The number of aliphatic hydroxyl groups is 2. The van der Waals surface area contributed by atoms with E-state index in [1.54, 1.807) is 6.92 Å². The number of carbonyl (C=O) groups excluding carboxylic acids is 1. The van der Waals surface area contributed by atoms with Gasteiger partial charge in [-0.25, -0.2) is 4.98 Å². The highest BCUT2D eigenvalue weighted by Crippen LogP contribution is 2.37. The number of aromatic nitrogens is 4. The molecule has 1 amide bonds. The number of hydrogen-bond donors (Lipinski definition) is 3. The summed E-state index contributed by atoms with van der Waals surface area (Å²) >= 11 is 0. The number of amides is 1. The largest absolute Gasteiger partial charge is 0.393 e. The van der Waals surface area contributed by atoms with Gasteiger partial charge in [-0.05, 0) is 13.3 Å². The number of anilines is 1. The molecule has 0 aromatic carbocycles. The fraction of sp³-hybridized carbons (Fsp3) is 0.600. The predicted molar refractivity (Wildman–Crippen MR) is 85.1 cm³/mol. The van der Waals surface area contributed by atoms with E-state index < -0.39 is 24.0 Å². The molecule has 2 aromatic heterocycles. The molecule has 136 valence electrons. The lowest BCUT2D eigenvalue weighted by molar-refractivity contribution is -0.116. The lowest BCUT2D eigenvalue weighted by Gasteiger charge is -2.24. The molecule has 3 N–H and O–H groups in total. The fourth-order valence-corrected chi connectivity index (χ4v) is 2.80. The summed E-state index contributed by atoms with van der Waals surface area (Å²) in [6, 6.07) is 0. The fourth-order valence-electron chi connectivity index (χ4n) is 2.80. The van der Waals surface area contributed by atoms with Crippen LogP contribution < -0.4 is 5.32 Å². The molecule has 1 aliphatic heterocycles. The Hall–Kier alpha value is -2.17. The molecular weight excluding hydrogens is 333 g/mol. The van der Waals surface area contributed by atoms with Gasteiger partial charge >= 0.3 is 6.08 Å². The first kappa shape index (κ1) is 17.6. The summed E-state index contributed by atoms with van der Waals surface area (Å²) < 4.78 is 21.0. The van der Waals surface area contributed by atoms with Crippen LogP contribution in [0.15, 0.2) is 6.33 Å². The first-order valence-electron chi connectivity index (χ1n) is 8.04. The van der Waals surface area contributed by atoms with Gasteiger partial charge < -0.3 is 20.3 Å². The summed E-state index contributed by atoms with van der Waals surface area (Å²) in [5.41, 5.74) is -0.759. The van der Waals surface area contributed by atoms with E-state index in [9.17, 15) is 19.4 Å². The third-order valence-electron chi connectivity index (χ3n) is 4.29. The van der Waals surface area contributed by atoms with Gasteiger partial charge in [0.05, 0.1) is 19.0 Å². The van der Waals surface area contributed by atoms with E-state index in [4.69, 9.17) is 4.74 Å². The second kappa shape index (κ2) is 6.62. The van der Waals surface area contributed by atoms with Crippen LogP contribution in [-0.2, 0) is 9.53 Å². The van der Waals surface area contributed by atoms with Crippen LogP contribution in [0.3, 0.4) is 0 Å². The minimum Gasteiger partial charge on any atom is -0.393 e. The Morgan fingerprint density at radius 3 is 2.96 bits per heavy atom. The Morgan fingerprint density at radius 2 is 2.32 bits per heavy atom. The van der Waals surface area contributed by atoms with E-state index in [1.165, 1.54) is 10.9 Å². The maximum atomic E-state index is 13.8. The highest BCUT2D eigenvalue weighted by molar-refractivity contribution is 5.96. The average molecular weight is 353 g/mol. The first-order valence-corrected chi connectivity index (χ1v) is 8.04. The molecule has 3 rings (SSSR count). The zero-order chi connectivity index (χ0) is 18.2. The topological polar surface area (TPSA) is 122 Å². The van der Waals surface area contributed by atoms with E-state index in [0.29, 0.717) is 6.42 Å². The van der Waals surface area contributed by atoms with Gasteiger partial charge in [-0.3, -0.25) is 9.36 Å². The van der Waals surface area contributed by atoms with Crippen LogP contribution in [0.25, 0.3) is 11.2 Å². The van der Waals surface area contributed by atoms with Gasteiger partial charge in [0, 0.05) is 12.8 Å². The number of imidazole rings is 1. The van der Waals surface area contributed by atoms with Crippen molar-refractivity contribution in [1.82, 2.24) is 19.5 Å². The third kappa shape index (κ3) is 3.20. The van der Waals surface area contributed by atoms with Crippen molar-refractivity contribution < 1.29 is 24.1 Å². The molecule has 3 heterocycles. The van der Waals surface area contributed by atoms with Crippen molar-refractivity contribution >= 4 is 22.9 Å². The molecule has 25 heavy (non-hydrogen) atoms. The van der Waals surface area contributed by atoms with Crippen LogP contribution in [0.1, 0.15) is 39.3 Å². The summed E-state index contributed by atoms with van der Waals surface area (Å²) in [5, 5.41) is 22.0. The van der Waals surface area contributed by atoms with Crippen molar-refractivity contribution in [3.63, 3.8) is 0 Å². The van der Waals surface area contributed by atoms with Crippen LogP contribution in [0.4, 0.5) is 10.2 Å². The maximum absolute atomic E-state index is 13.8. The van der Waals surface area contributed by atoms with Crippen molar-refractivity contribution in [3.05, 3.63) is 12.4 Å². The highest BCUT2D eigenvalue weighted by Gasteiger charge is 2.45. The normalized spacial score (nSPS) is 26.3. The van der Waals surface area contributed by atoms with Crippen molar-refractivity contribution in [2.45, 2.75) is 51.0 Å². The van der Waals surface area contributed by atoms with Gasteiger partial charge in [-0.1, -0.05) is 6.92 Å². The number of hydrogen-bond acceptors (Lipinski definition) is 7. The molecule has 0 bridgehead atoms. The molecule has 0 aliphatic carbocycles. The summed E-state index contributed by atoms with van der Waals surface area (Å²) in [4.78, 5) is 23.3. The molecule has 0 unspecified atom stereocenters. The van der Waals surface area contributed by atoms with E-state index in [2.05, 4.69) is 20.3 Å².